The lowest BCUT2D eigenvalue weighted by Gasteiger charge is -2.41. The van der Waals surface area contributed by atoms with Crippen LogP contribution < -0.4 is 9.80 Å². The summed E-state index contributed by atoms with van der Waals surface area (Å²) < 4.78 is 5.48. The second-order valence-corrected chi connectivity index (χ2v) is 8.73. The zero-order valence-electron chi connectivity index (χ0n) is 16.2. The molecule has 1 unspecified atom stereocenters. The van der Waals surface area contributed by atoms with Crippen LogP contribution in [0.5, 0.6) is 0 Å². The predicted molar refractivity (Wildman–Crippen MR) is 103 cm³/mol. The summed E-state index contributed by atoms with van der Waals surface area (Å²) in [6.45, 7) is 13.7. The van der Waals surface area contributed by atoms with Gasteiger partial charge in [0.2, 0.25) is 5.95 Å². The maximum Gasteiger partial charge on any atom is 0.410 e. The number of hydrogen-bond acceptors (Lipinski definition) is 6. The third-order valence-electron chi connectivity index (χ3n) is 4.61. The van der Waals surface area contributed by atoms with Crippen molar-refractivity contribution < 1.29 is 9.53 Å². The van der Waals surface area contributed by atoms with Crippen molar-refractivity contribution in [2.24, 2.45) is 5.92 Å². The average Bonchev–Trinajstić information content (AvgIpc) is 2.51. The van der Waals surface area contributed by atoms with E-state index in [1.54, 1.807) is 11.1 Å². The standard InChI is InChI=1S/C18H28ClN5O2/c1-12-9-23(10-12)15-14(19)8-20-16(21-15)24-7-6-22(11-13(24)2)17(25)26-18(3,4)5/h8,12-13H,6-7,9-11H2,1-5H3. The molecule has 1 amide bonds. The highest BCUT2D eigenvalue weighted by Gasteiger charge is 2.32. The molecule has 144 valence electrons. The first-order valence-electron chi connectivity index (χ1n) is 9.16. The van der Waals surface area contributed by atoms with Crippen molar-refractivity contribution in [1.82, 2.24) is 14.9 Å². The van der Waals surface area contributed by atoms with E-state index in [1.807, 2.05) is 20.8 Å². The molecule has 0 radical (unpaired) electrons. The molecule has 2 fully saturated rings. The molecule has 7 nitrogen and oxygen atoms in total. The lowest BCUT2D eigenvalue weighted by Crippen LogP contribution is -2.55. The molecule has 8 heteroatoms. The SMILES string of the molecule is CC1CN(c2nc(N3CCN(C(=O)OC(C)(C)C)CC3C)ncc2Cl)C1. The molecule has 1 aromatic rings. The van der Waals surface area contributed by atoms with Gasteiger partial charge in [-0.25, -0.2) is 9.78 Å². The molecule has 0 N–H and O–H groups in total. The average molecular weight is 382 g/mol. The molecule has 2 aliphatic heterocycles. The number of carbonyl (C=O) groups excluding carboxylic acids is 1. The summed E-state index contributed by atoms with van der Waals surface area (Å²) in [6, 6.07) is 0.0978. The van der Waals surface area contributed by atoms with Crippen molar-refractivity contribution in [3.8, 4) is 0 Å². The number of hydrogen-bond donors (Lipinski definition) is 0. The van der Waals surface area contributed by atoms with Crippen LogP contribution in [0.2, 0.25) is 5.02 Å². The molecule has 3 rings (SSSR count). The highest BCUT2D eigenvalue weighted by atomic mass is 35.5. The van der Waals surface area contributed by atoms with Gasteiger partial charge in [0.05, 0.1) is 6.20 Å². The smallest absolute Gasteiger partial charge is 0.410 e. The maximum atomic E-state index is 12.3. The van der Waals surface area contributed by atoms with Crippen LogP contribution in [0.1, 0.15) is 34.6 Å². The van der Waals surface area contributed by atoms with Crippen LogP contribution in [0.3, 0.4) is 0 Å². The zero-order chi connectivity index (χ0) is 19.1. The van der Waals surface area contributed by atoms with Crippen molar-refractivity contribution in [1.29, 1.82) is 0 Å². The quantitative estimate of drug-likeness (QED) is 0.784. The number of aromatic nitrogens is 2. The normalized spacial score (nSPS) is 21.6. The van der Waals surface area contributed by atoms with Crippen molar-refractivity contribution in [3.63, 3.8) is 0 Å². The summed E-state index contributed by atoms with van der Waals surface area (Å²) in [5.74, 6) is 2.14. The summed E-state index contributed by atoms with van der Waals surface area (Å²) >= 11 is 6.30. The summed E-state index contributed by atoms with van der Waals surface area (Å²) in [7, 11) is 0. The van der Waals surface area contributed by atoms with E-state index in [4.69, 9.17) is 21.3 Å². The number of nitrogens with zero attached hydrogens (tertiary/aromatic N) is 5. The molecule has 1 aromatic heterocycles. The van der Waals surface area contributed by atoms with Crippen LogP contribution in [0.25, 0.3) is 0 Å². The second-order valence-electron chi connectivity index (χ2n) is 8.32. The third kappa shape index (κ3) is 4.14. The second kappa shape index (κ2) is 7.10. The fraction of sp³-hybridized carbons (Fsp3) is 0.722. The van der Waals surface area contributed by atoms with Crippen LogP contribution in [-0.4, -0.2) is 65.3 Å². The number of ether oxygens (including phenoxy) is 1. The van der Waals surface area contributed by atoms with Crippen molar-refractivity contribution in [2.75, 3.05) is 42.5 Å². The third-order valence-corrected chi connectivity index (χ3v) is 4.88. The molecule has 26 heavy (non-hydrogen) atoms. The van der Waals surface area contributed by atoms with Crippen LogP contribution in [0.15, 0.2) is 6.20 Å². The topological polar surface area (TPSA) is 61.8 Å². The molecule has 3 heterocycles. The largest absolute Gasteiger partial charge is 0.444 e. The first-order valence-corrected chi connectivity index (χ1v) is 9.54. The molecule has 2 saturated heterocycles. The van der Waals surface area contributed by atoms with Crippen LogP contribution in [0.4, 0.5) is 16.6 Å². The van der Waals surface area contributed by atoms with E-state index in [0.717, 1.165) is 18.9 Å². The first kappa shape index (κ1) is 19.0. The van der Waals surface area contributed by atoms with E-state index in [1.165, 1.54) is 0 Å². The summed E-state index contributed by atoms with van der Waals surface area (Å²) in [6.07, 6.45) is 1.41. The monoisotopic (exact) mass is 381 g/mol. The molecule has 1 atom stereocenters. The Morgan fingerprint density at radius 1 is 1.23 bits per heavy atom. The van der Waals surface area contributed by atoms with Gasteiger partial charge in [0.15, 0.2) is 5.82 Å². The first-order chi connectivity index (χ1) is 12.1. The minimum Gasteiger partial charge on any atom is -0.444 e. The van der Waals surface area contributed by atoms with Crippen molar-refractivity contribution in [3.05, 3.63) is 11.2 Å². The van der Waals surface area contributed by atoms with Gasteiger partial charge in [-0.05, 0) is 33.6 Å². The number of piperazine rings is 1. The van der Waals surface area contributed by atoms with Gasteiger partial charge in [-0.1, -0.05) is 18.5 Å². The van der Waals surface area contributed by atoms with E-state index in [0.29, 0.717) is 36.5 Å². The van der Waals surface area contributed by atoms with E-state index >= 15 is 0 Å². The van der Waals surface area contributed by atoms with Gasteiger partial charge in [-0.3, -0.25) is 0 Å². The fourth-order valence-electron chi connectivity index (χ4n) is 3.33. The molecule has 0 aliphatic carbocycles. The highest BCUT2D eigenvalue weighted by Crippen LogP contribution is 2.31. The number of rotatable bonds is 2. The number of carbonyl (C=O) groups is 1. The lowest BCUT2D eigenvalue weighted by molar-refractivity contribution is 0.0218. The molecular weight excluding hydrogens is 354 g/mol. The Hall–Kier alpha value is -1.76. The van der Waals surface area contributed by atoms with Gasteiger partial charge < -0.3 is 19.4 Å². The Balaban J connectivity index is 1.68. The Kier molecular flexibility index (Phi) is 5.19. The van der Waals surface area contributed by atoms with E-state index in [2.05, 4.69) is 28.6 Å². The lowest BCUT2D eigenvalue weighted by atomic mass is 10.0. The predicted octanol–water partition coefficient (Wildman–Crippen LogP) is 3.03. The Bertz CT molecular complexity index is 672. The van der Waals surface area contributed by atoms with Gasteiger partial charge in [-0.15, -0.1) is 0 Å². The highest BCUT2D eigenvalue weighted by molar-refractivity contribution is 6.32. The summed E-state index contributed by atoms with van der Waals surface area (Å²) in [5, 5.41) is 0.584. The Morgan fingerprint density at radius 2 is 1.92 bits per heavy atom. The van der Waals surface area contributed by atoms with Crippen LogP contribution >= 0.6 is 11.6 Å². The van der Waals surface area contributed by atoms with Crippen molar-refractivity contribution >= 4 is 29.5 Å². The van der Waals surface area contributed by atoms with E-state index in [9.17, 15) is 4.79 Å². The van der Waals surface area contributed by atoms with E-state index < -0.39 is 5.60 Å². The minimum absolute atomic E-state index is 0.0978. The van der Waals surface area contributed by atoms with Crippen LogP contribution in [0, 0.1) is 5.92 Å². The summed E-state index contributed by atoms with van der Waals surface area (Å²) in [5.41, 5.74) is -0.486. The van der Waals surface area contributed by atoms with Crippen LogP contribution in [-0.2, 0) is 4.74 Å². The van der Waals surface area contributed by atoms with Gasteiger partial charge in [0.25, 0.3) is 0 Å². The Morgan fingerprint density at radius 3 is 2.50 bits per heavy atom. The fourth-order valence-corrected chi connectivity index (χ4v) is 3.54. The molecule has 0 bridgehead atoms. The molecule has 0 spiro atoms. The van der Waals surface area contributed by atoms with Gasteiger partial charge in [0.1, 0.15) is 10.6 Å². The number of amides is 1. The minimum atomic E-state index is -0.486. The molecule has 0 aromatic carbocycles. The van der Waals surface area contributed by atoms with Gasteiger partial charge in [-0.2, -0.15) is 4.98 Å². The number of halogens is 1. The zero-order valence-corrected chi connectivity index (χ0v) is 17.0. The van der Waals surface area contributed by atoms with Gasteiger partial charge in [0, 0.05) is 38.8 Å². The number of anilines is 2. The molecule has 0 saturated carbocycles. The van der Waals surface area contributed by atoms with Gasteiger partial charge >= 0.3 is 6.09 Å². The van der Waals surface area contributed by atoms with E-state index in [-0.39, 0.29) is 12.1 Å². The molecule has 2 aliphatic rings. The molecular formula is C18H28ClN5O2. The van der Waals surface area contributed by atoms with Crippen molar-refractivity contribution in [2.45, 2.75) is 46.3 Å². The summed E-state index contributed by atoms with van der Waals surface area (Å²) in [4.78, 5) is 27.5. The maximum absolute atomic E-state index is 12.3. The Labute approximate surface area is 160 Å².